The van der Waals surface area contributed by atoms with E-state index in [0.29, 0.717) is 13.0 Å². The molecule has 1 unspecified atom stereocenters. The van der Waals surface area contributed by atoms with Crippen molar-refractivity contribution in [1.29, 1.82) is 0 Å². The molecular formula is C16H24N2O2. The van der Waals surface area contributed by atoms with Crippen LogP contribution in [0.1, 0.15) is 32.8 Å². The first-order valence-corrected chi connectivity index (χ1v) is 7.10. The van der Waals surface area contributed by atoms with E-state index in [1.165, 1.54) is 5.56 Å². The van der Waals surface area contributed by atoms with Crippen molar-refractivity contribution in [3.8, 4) is 0 Å². The molecule has 1 N–H and O–H groups in total. The van der Waals surface area contributed by atoms with E-state index in [0.717, 1.165) is 12.2 Å². The van der Waals surface area contributed by atoms with Crippen LogP contribution in [0.15, 0.2) is 24.3 Å². The molecule has 0 aliphatic carbocycles. The monoisotopic (exact) mass is 276 g/mol. The third kappa shape index (κ3) is 3.38. The number of nitrogens with one attached hydrogen (secondary N) is 1. The van der Waals surface area contributed by atoms with Crippen LogP contribution >= 0.6 is 0 Å². The van der Waals surface area contributed by atoms with Crippen molar-refractivity contribution in [3.05, 3.63) is 29.8 Å². The maximum atomic E-state index is 12.7. The van der Waals surface area contributed by atoms with Gasteiger partial charge in [0.1, 0.15) is 0 Å². The van der Waals surface area contributed by atoms with Gasteiger partial charge in [-0.1, -0.05) is 18.2 Å². The smallest absolute Gasteiger partial charge is 0.229 e. The SMILES string of the molecule is COC(C)(C)CC(=O)N1CC(C)NCc2ccccc21. The number of benzene rings is 1. The lowest BCUT2D eigenvalue weighted by molar-refractivity contribution is -0.123. The van der Waals surface area contributed by atoms with E-state index >= 15 is 0 Å². The third-order valence-corrected chi connectivity index (χ3v) is 3.81. The van der Waals surface area contributed by atoms with Gasteiger partial charge >= 0.3 is 0 Å². The molecule has 1 aliphatic rings. The number of fused-ring (bicyclic) bond motifs is 1. The molecule has 1 aromatic carbocycles. The van der Waals surface area contributed by atoms with Gasteiger partial charge in [-0.05, 0) is 32.4 Å². The van der Waals surface area contributed by atoms with E-state index in [1.54, 1.807) is 7.11 Å². The fraction of sp³-hybridized carbons (Fsp3) is 0.562. The Kier molecular flexibility index (Phi) is 4.45. The highest BCUT2D eigenvalue weighted by Crippen LogP contribution is 2.26. The Hall–Kier alpha value is -1.39. The van der Waals surface area contributed by atoms with Gasteiger partial charge in [0.25, 0.3) is 0 Å². The fourth-order valence-corrected chi connectivity index (χ4v) is 2.41. The molecule has 20 heavy (non-hydrogen) atoms. The molecule has 0 bridgehead atoms. The molecule has 0 saturated heterocycles. The first kappa shape index (κ1) is 15.0. The van der Waals surface area contributed by atoms with E-state index in [9.17, 15) is 4.79 Å². The van der Waals surface area contributed by atoms with Crippen LogP contribution in [0.4, 0.5) is 5.69 Å². The van der Waals surface area contributed by atoms with Crippen LogP contribution in [-0.2, 0) is 16.1 Å². The van der Waals surface area contributed by atoms with Crippen LogP contribution < -0.4 is 10.2 Å². The zero-order valence-electron chi connectivity index (χ0n) is 12.8. The number of carbonyl (C=O) groups is 1. The molecule has 4 heteroatoms. The van der Waals surface area contributed by atoms with Crippen molar-refractivity contribution in [1.82, 2.24) is 5.32 Å². The zero-order valence-corrected chi connectivity index (χ0v) is 12.8. The van der Waals surface area contributed by atoms with Gasteiger partial charge < -0.3 is 15.0 Å². The van der Waals surface area contributed by atoms with Crippen molar-refractivity contribution in [2.24, 2.45) is 0 Å². The normalized spacial score (nSPS) is 19.4. The lowest BCUT2D eigenvalue weighted by Gasteiger charge is -2.29. The van der Waals surface area contributed by atoms with Crippen molar-refractivity contribution >= 4 is 11.6 Å². The van der Waals surface area contributed by atoms with Gasteiger partial charge in [0.2, 0.25) is 5.91 Å². The maximum Gasteiger partial charge on any atom is 0.229 e. The highest BCUT2D eigenvalue weighted by atomic mass is 16.5. The summed E-state index contributed by atoms with van der Waals surface area (Å²) in [5.74, 6) is 0.111. The second-order valence-corrected chi connectivity index (χ2v) is 6.06. The average Bonchev–Trinajstić information content (AvgIpc) is 2.58. The van der Waals surface area contributed by atoms with Gasteiger partial charge in [-0.15, -0.1) is 0 Å². The predicted molar refractivity (Wildman–Crippen MR) is 80.8 cm³/mol. The number of anilines is 1. The summed E-state index contributed by atoms with van der Waals surface area (Å²) >= 11 is 0. The first-order chi connectivity index (χ1) is 9.43. The molecule has 0 radical (unpaired) electrons. The number of hydrogen-bond acceptors (Lipinski definition) is 3. The molecule has 0 saturated carbocycles. The number of rotatable bonds is 3. The average molecular weight is 276 g/mol. The number of para-hydroxylation sites is 1. The molecule has 4 nitrogen and oxygen atoms in total. The van der Waals surface area contributed by atoms with Crippen molar-refractivity contribution < 1.29 is 9.53 Å². The van der Waals surface area contributed by atoms with Gasteiger partial charge in [0.05, 0.1) is 12.0 Å². The number of hydrogen-bond donors (Lipinski definition) is 1. The van der Waals surface area contributed by atoms with Crippen LogP contribution in [0, 0.1) is 0 Å². The molecule has 0 aromatic heterocycles. The Morgan fingerprint density at radius 3 is 2.85 bits per heavy atom. The molecular weight excluding hydrogens is 252 g/mol. The van der Waals surface area contributed by atoms with E-state index in [1.807, 2.05) is 36.9 Å². The fourth-order valence-electron chi connectivity index (χ4n) is 2.41. The molecule has 2 rings (SSSR count). The van der Waals surface area contributed by atoms with Gasteiger partial charge in [-0.2, -0.15) is 0 Å². The summed E-state index contributed by atoms with van der Waals surface area (Å²) in [5, 5.41) is 3.44. The van der Waals surface area contributed by atoms with Crippen molar-refractivity contribution in [2.45, 2.75) is 45.4 Å². The van der Waals surface area contributed by atoms with E-state index in [-0.39, 0.29) is 11.9 Å². The van der Waals surface area contributed by atoms with Crippen LogP contribution in [-0.4, -0.2) is 31.2 Å². The number of carbonyl (C=O) groups excluding carboxylic acids is 1. The van der Waals surface area contributed by atoms with Gasteiger partial charge in [-0.25, -0.2) is 0 Å². The summed E-state index contributed by atoms with van der Waals surface area (Å²) in [7, 11) is 1.65. The quantitative estimate of drug-likeness (QED) is 0.921. The van der Waals surface area contributed by atoms with Crippen LogP contribution in [0.5, 0.6) is 0 Å². The zero-order chi connectivity index (χ0) is 14.8. The lowest BCUT2D eigenvalue weighted by atomic mass is 10.0. The number of ether oxygens (including phenoxy) is 1. The predicted octanol–water partition coefficient (Wildman–Crippen LogP) is 2.33. The van der Waals surface area contributed by atoms with E-state index < -0.39 is 5.60 Å². The summed E-state index contributed by atoms with van der Waals surface area (Å²) in [6.07, 6.45) is 0.380. The topological polar surface area (TPSA) is 41.6 Å². The van der Waals surface area contributed by atoms with E-state index in [4.69, 9.17) is 4.74 Å². The number of amides is 1. The van der Waals surface area contributed by atoms with Gasteiger partial charge in [0, 0.05) is 31.9 Å². The third-order valence-electron chi connectivity index (χ3n) is 3.81. The van der Waals surface area contributed by atoms with Gasteiger partial charge in [-0.3, -0.25) is 4.79 Å². The van der Waals surface area contributed by atoms with Crippen LogP contribution in [0.2, 0.25) is 0 Å². The van der Waals surface area contributed by atoms with E-state index in [2.05, 4.69) is 18.3 Å². The van der Waals surface area contributed by atoms with Crippen LogP contribution in [0.3, 0.4) is 0 Å². The summed E-state index contributed by atoms with van der Waals surface area (Å²) in [5.41, 5.74) is 1.75. The first-order valence-electron chi connectivity index (χ1n) is 7.10. The number of methoxy groups -OCH3 is 1. The summed E-state index contributed by atoms with van der Waals surface area (Å²) in [6.45, 7) is 7.48. The van der Waals surface area contributed by atoms with Crippen molar-refractivity contribution in [3.63, 3.8) is 0 Å². The lowest BCUT2D eigenvalue weighted by Crippen LogP contribution is -2.42. The summed E-state index contributed by atoms with van der Waals surface area (Å²) < 4.78 is 5.38. The minimum Gasteiger partial charge on any atom is -0.378 e. The van der Waals surface area contributed by atoms with Crippen molar-refractivity contribution in [2.75, 3.05) is 18.6 Å². The Balaban J connectivity index is 2.27. The largest absolute Gasteiger partial charge is 0.378 e. The molecule has 0 fully saturated rings. The molecule has 1 heterocycles. The molecule has 110 valence electrons. The standard InChI is InChI=1S/C16H24N2O2/c1-12-11-18(15(19)9-16(2,3)20-4)14-8-6-5-7-13(14)10-17-12/h5-8,12,17H,9-11H2,1-4H3. The Labute approximate surface area is 121 Å². The minimum atomic E-state index is -0.436. The number of nitrogens with zero attached hydrogens (tertiary/aromatic N) is 1. The van der Waals surface area contributed by atoms with Gasteiger partial charge in [0.15, 0.2) is 0 Å². The highest BCUT2D eigenvalue weighted by molar-refractivity contribution is 5.95. The Morgan fingerprint density at radius 1 is 1.45 bits per heavy atom. The molecule has 1 atom stereocenters. The molecule has 1 aromatic rings. The summed E-state index contributed by atoms with van der Waals surface area (Å²) in [6, 6.07) is 8.36. The summed E-state index contributed by atoms with van der Waals surface area (Å²) in [4.78, 5) is 14.5. The Bertz CT molecular complexity index is 485. The van der Waals surface area contributed by atoms with Crippen LogP contribution in [0.25, 0.3) is 0 Å². The Morgan fingerprint density at radius 2 is 2.15 bits per heavy atom. The molecule has 1 aliphatic heterocycles. The second kappa shape index (κ2) is 5.94. The second-order valence-electron chi connectivity index (χ2n) is 6.06. The molecule has 0 spiro atoms. The molecule has 1 amide bonds. The maximum absolute atomic E-state index is 12.7. The highest BCUT2D eigenvalue weighted by Gasteiger charge is 2.28. The minimum absolute atomic E-state index is 0.111.